The molecule has 2 aromatic heterocycles. The highest BCUT2D eigenvalue weighted by Gasteiger charge is 2.21. The fraction of sp³-hybridized carbons (Fsp3) is 0.0952. The van der Waals surface area contributed by atoms with Gasteiger partial charge in [-0.3, -0.25) is 4.79 Å². The van der Waals surface area contributed by atoms with Gasteiger partial charge in [-0.25, -0.2) is 23.1 Å². The van der Waals surface area contributed by atoms with Gasteiger partial charge in [0.05, 0.1) is 25.9 Å². The largest absolute Gasteiger partial charge is 0.412 e. The number of pyridine rings is 1. The molecule has 0 bridgehead atoms. The van der Waals surface area contributed by atoms with Crippen molar-refractivity contribution in [2.75, 3.05) is 19.9 Å². The molecule has 2 aromatic carbocycles. The number of rotatable bonds is 5. The predicted octanol–water partition coefficient (Wildman–Crippen LogP) is 2.98. The van der Waals surface area contributed by atoms with Crippen LogP contribution in [0.3, 0.4) is 0 Å². The van der Waals surface area contributed by atoms with Gasteiger partial charge in [-0.2, -0.15) is 0 Å². The first-order valence-corrected chi connectivity index (χ1v) is 11.7. The van der Waals surface area contributed by atoms with Crippen molar-refractivity contribution >= 4 is 50.1 Å². The number of hydrogen-bond donors (Lipinski definition) is 2. The number of fused-ring (bicyclic) bond motifs is 1. The summed E-state index contributed by atoms with van der Waals surface area (Å²) in [5.41, 5.74) is 6.63. The number of aromatic nitrogens is 3. The summed E-state index contributed by atoms with van der Waals surface area (Å²) in [7, 11) is -1.07. The van der Waals surface area contributed by atoms with Gasteiger partial charge in [0.15, 0.2) is 11.5 Å². The van der Waals surface area contributed by atoms with Crippen molar-refractivity contribution in [1.82, 2.24) is 19.4 Å². The van der Waals surface area contributed by atoms with E-state index in [0.717, 1.165) is 4.73 Å². The van der Waals surface area contributed by atoms with Crippen LogP contribution >= 0.6 is 23.2 Å². The maximum Gasteiger partial charge on any atom is 0.293 e. The van der Waals surface area contributed by atoms with Crippen molar-refractivity contribution in [3.8, 4) is 22.5 Å². The highest BCUT2D eigenvalue weighted by Crippen LogP contribution is 2.34. The highest BCUT2D eigenvalue weighted by molar-refractivity contribution is 7.89. The van der Waals surface area contributed by atoms with E-state index in [1.54, 1.807) is 30.3 Å². The number of nitrogens with zero attached hydrogens (tertiary/aromatic N) is 3. The summed E-state index contributed by atoms with van der Waals surface area (Å²) in [6.45, 7) is 0. The SMILES string of the molecule is CNS(=O)(=O)c1cccc(-c2nc(N)c3cc(-c4c(Cl)cccc4Cl)c(=O)n(OC)c3n2)c1. The predicted molar refractivity (Wildman–Crippen MR) is 128 cm³/mol. The van der Waals surface area contributed by atoms with Gasteiger partial charge in [0.25, 0.3) is 5.56 Å². The van der Waals surface area contributed by atoms with Crippen LogP contribution in [-0.4, -0.2) is 37.3 Å². The Kier molecular flexibility index (Phi) is 6.02. The molecule has 0 aliphatic rings. The first-order valence-electron chi connectivity index (χ1n) is 9.44. The van der Waals surface area contributed by atoms with Crippen LogP contribution in [0.2, 0.25) is 10.0 Å². The summed E-state index contributed by atoms with van der Waals surface area (Å²) >= 11 is 12.6. The van der Waals surface area contributed by atoms with E-state index in [4.69, 9.17) is 33.8 Å². The molecule has 0 radical (unpaired) electrons. The quantitative estimate of drug-likeness (QED) is 0.426. The minimum atomic E-state index is -3.69. The summed E-state index contributed by atoms with van der Waals surface area (Å²) in [5, 5.41) is 0.880. The Morgan fingerprint density at radius 2 is 1.73 bits per heavy atom. The monoisotopic (exact) mass is 505 g/mol. The molecule has 0 fully saturated rings. The number of hydrogen-bond acceptors (Lipinski definition) is 7. The van der Waals surface area contributed by atoms with Crippen LogP contribution in [-0.2, 0) is 10.0 Å². The number of sulfonamides is 1. The maximum atomic E-state index is 13.2. The van der Waals surface area contributed by atoms with Gasteiger partial charge < -0.3 is 10.6 Å². The molecule has 170 valence electrons. The van der Waals surface area contributed by atoms with Crippen molar-refractivity contribution in [3.63, 3.8) is 0 Å². The minimum absolute atomic E-state index is 0.0256. The van der Waals surface area contributed by atoms with Gasteiger partial charge in [0, 0.05) is 11.1 Å². The summed E-state index contributed by atoms with van der Waals surface area (Å²) in [4.78, 5) is 27.3. The molecular weight excluding hydrogens is 489 g/mol. The third kappa shape index (κ3) is 4.02. The average molecular weight is 506 g/mol. The van der Waals surface area contributed by atoms with Crippen LogP contribution in [0.4, 0.5) is 5.82 Å². The third-order valence-electron chi connectivity index (χ3n) is 4.94. The molecule has 33 heavy (non-hydrogen) atoms. The molecule has 12 heteroatoms. The molecule has 0 unspecified atom stereocenters. The van der Waals surface area contributed by atoms with Crippen LogP contribution in [0, 0.1) is 0 Å². The molecule has 0 atom stereocenters. The highest BCUT2D eigenvalue weighted by atomic mass is 35.5. The Hall–Kier alpha value is -3.18. The fourth-order valence-corrected chi connectivity index (χ4v) is 4.71. The van der Waals surface area contributed by atoms with Gasteiger partial charge in [0.2, 0.25) is 10.0 Å². The Labute approximate surface area is 198 Å². The number of anilines is 1. The molecule has 0 amide bonds. The molecule has 4 rings (SSSR count). The zero-order valence-electron chi connectivity index (χ0n) is 17.3. The molecule has 0 aliphatic carbocycles. The number of benzene rings is 2. The van der Waals surface area contributed by atoms with E-state index in [9.17, 15) is 13.2 Å². The van der Waals surface area contributed by atoms with E-state index in [-0.39, 0.29) is 37.8 Å². The average Bonchev–Trinajstić information content (AvgIpc) is 2.79. The molecule has 0 spiro atoms. The van der Waals surface area contributed by atoms with Gasteiger partial charge in [-0.05, 0) is 37.4 Å². The maximum absolute atomic E-state index is 13.2. The van der Waals surface area contributed by atoms with E-state index >= 15 is 0 Å². The molecule has 0 saturated heterocycles. The Bertz CT molecular complexity index is 1550. The zero-order valence-corrected chi connectivity index (χ0v) is 19.7. The third-order valence-corrected chi connectivity index (χ3v) is 6.98. The van der Waals surface area contributed by atoms with E-state index in [1.807, 2.05) is 0 Å². The number of nitrogens with one attached hydrogen (secondary N) is 1. The summed E-state index contributed by atoms with van der Waals surface area (Å²) in [5.74, 6) is 0.161. The molecule has 0 aliphatic heterocycles. The van der Waals surface area contributed by atoms with E-state index in [1.165, 1.54) is 32.4 Å². The molecule has 0 saturated carbocycles. The molecule has 9 nitrogen and oxygen atoms in total. The van der Waals surface area contributed by atoms with Gasteiger partial charge in [0.1, 0.15) is 12.9 Å². The number of halogens is 2. The summed E-state index contributed by atoms with van der Waals surface area (Å²) < 4.78 is 27.6. The van der Waals surface area contributed by atoms with Crippen molar-refractivity contribution < 1.29 is 13.3 Å². The second kappa shape index (κ2) is 8.64. The second-order valence-corrected chi connectivity index (χ2v) is 9.54. The zero-order chi connectivity index (χ0) is 23.9. The lowest BCUT2D eigenvalue weighted by molar-refractivity contribution is 0.168. The first-order chi connectivity index (χ1) is 15.7. The van der Waals surface area contributed by atoms with Crippen LogP contribution in [0.15, 0.2) is 58.2 Å². The topological polar surface area (TPSA) is 129 Å². The van der Waals surface area contributed by atoms with Crippen LogP contribution in [0.25, 0.3) is 33.5 Å². The molecule has 4 aromatic rings. The smallest absolute Gasteiger partial charge is 0.293 e. The van der Waals surface area contributed by atoms with E-state index in [0.29, 0.717) is 16.5 Å². The van der Waals surface area contributed by atoms with Crippen LogP contribution < -0.4 is 20.9 Å². The fourth-order valence-electron chi connectivity index (χ4n) is 3.33. The Morgan fingerprint density at radius 3 is 2.36 bits per heavy atom. The van der Waals surface area contributed by atoms with Crippen LogP contribution in [0.5, 0.6) is 0 Å². The van der Waals surface area contributed by atoms with Crippen molar-refractivity contribution in [2.24, 2.45) is 0 Å². The molecular formula is C21H17Cl2N5O4S. The van der Waals surface area contributed by atoms with E-state index < -0.39 is 15.6 Å². The second-order valence-electron chi connectivity index (χ2n) is 6.84. The summed E-state index contributed by atoms with van der Waals surface area (Å²) in [6.07, 6.45) is 0. The Morgan fingerprint density at radius 1 is 1.06 bits per heavy atom. The molecule has 3 N–H and O–H groups in total. The normalized spacial score (nSPS) is 11.6. The number of nitrogen functional groups attached to an aromatic ring is 1. The first kappa shape index (κ1) is 23.0. The van der Waals surface area contributed by atoms with Crippen molar-refractivity contribution in [2.45, 2.75) is 4.90 Å². The lowest BCUT2D eigenvalue weighted by Gasteiger charge is -2.14. The lowest BCUT2D eigenvalue weighted by Crippen LogP contribution is -2.27. The molecule has 2 heterocycles. The van der Waals surface area contributed by atoms with Crippen molar-refractivity contribution in [1.29, 1.82) is 0 Å². The Balaban J connectivity index is 2.00. The van der Waals surface area contributed by atoms with E-state index in [2.05, 4.69) is 14.7 Å². The van der Waals surface area contributed by atoms with Crippen molar-refractivity contribution in [3.05, 3.63) is 68.9 Å². The van der Waals surface area contributed by atoms with Gasteiger partial charge in [-0.1, -0.05) is 41.4 Å². The van der Waals surface area contributed by atoms with Gasteiger partial charge in [-0.15, -0.1) is 4.73 Å². The lowest BCUT2D eigenvalue weighted by atomic mass is 10.1. The van der Waals surface area contributed by atoms with Gasteiger partial charge >= 0.3 is 0 Å². The summed E-state index contributed by atoms with van der Waals surface area (Å²) in [6, 6.07) is 12.4. The standard InChI is InChI=1S/C21H17Cl2N5O4S/c1-25-33(30,31)12-6-3-5-11(9-12)19-26-18(24)14-10-13(17-15(22)7-4-8-16(17)23)21(29)28(32-2)20(14)27-19/h3-10,25H,1-2H3,(H2,24,26,27). The number of nitrogens with two attached hydrogens (primary N) is 1. The van der Waals surface area contributed by atoms with Crippen LogP contribution in [0.1, 0.15) is 0 Å². The minimum Gasteiger partial charge on any atom is -0.412 e.